The van der Waals surface area contributed by atoms with Crippen LogP contribution in [0.5, 0.6) is 0 Å². The first-order valence-corrected chi connectivity index (χ1v) is 10.4. The Morgan fingerprint density at radius 1 is 1.19 bits per heavy atom. The van der Waals surface area contributed by atoms with Crippen LogP contribution in [0.1, 0.15) is 37.6 Å². The van der Waals surface area contributed by atoms with Crippen LogP contribution in [-0.2, 0) is 17.4 Å². The number of hydrogen-bond acceptors (Lipinski definition) is 4. The van der Waals surface area contributed by atoms with E-state index in [2.05, 4.69) is 9.97 Å². The summed E-state index contributed by atoms with van der Waals surface area (Å²) in [5, 5.41) is 0.365. The van der Waals surface area contributed by atoms with E-state index in [4.69, 9.17) is 11.6 Å². The number of rotatable bonds is 5. The third-order valence-electron chi connectivity index (χ3n) is 5.38. The van der Waals surface area contributed by atoms with E-state index in [1.54, 1.807) is 13.0 Å². The van der Waals surface area contributed by atoms with Crippen LogP contribution in [0.2, 0.25) is 5.15 Å². The molecule has 0 unspecified atom stereocenters. The maximum absolute atomic E-state index is 13.2. The van der Waals surface area contributed by atoms with Crippen LogP contribution in [0.25, 0.3) is 0 Å². The zero-order valence-corrected chi connectivity index (χ0v) is 19.0. The Kier molecular flexibility index (Phi) is 6.51. The highest BCUT2D eigenvalue weighted by atomic mass is 35.5. The number of hydrogen-bond donors (Lipinski definition) is 0. The molecule has 32 heavy (non-hydrogen) atoms. The second kappa shape index (κ2) is 8.69. The van der Waals surface area contributed by atoms with Gasteiger partial charge in [-0.1, -0.05) is 38.4 Å². The van der Waals surface area contributed by atoms with E-state index >= 15 is 0 Å². The van der Waals surface area contributed by atoms with Gasteiger partial charge in [-0.25, -0.2) is 14.8 Å². The van der Waals surface area contributed by atoms with Crippen molar-refractivity contribution in [3.8, 4) is 0 Å². The number of carbonyl (C=O) groups is 2. The van der Waals surface area contributed by atoms with Crippen LogP contribution >= 0.6 is 11.6 Å². The predicted molar refractivity (Wildman–Crippen MR) is 115 cm³/mol. The number of nitrogens with zero attached hydrogens (tertiary/aromatic N) is 4. The van der Waals surface area contributed by atoms with E-state index in [1.807, 2.05) is 20.8 Å². The summed E-state index contributed by atoms with van der Waals surface area (Å²) in [4.78, 5) is 36.3. The molecule has 0 aliphatic carbocycles. The highest BCUT2D eigenvalue weighted by molar-refractivity contribution is 6.30. The Labute approximate surface area is 189 Å². The second-order valence-electron chi connectivity index (χ2n) is 8.97. The molecule has 0 saturated carbocycles. The Morgan fingerprint density at radius 2 is 1.88 bits per heavy atom. The molecular formula is C22H24ClF3N4O2. The number of ketones is 1. The Hall–Kier alpha value is -2.68. The van der Waals surface area contributed by atoms with Crippen molar-refractivity contribution in [2.45, 2.75) is 46.3 Å². The smallest absolute Gasteiger partial charge is 0.312 e. The van der Waals surface area contributed by atoms with Gasteiger partial charge in [-0.15, -0.1) is 0 Å². The number of urea groups is 1. The van der Waals surface area contributed by atoms with E-state index in [1.165, 1.54) is 22.1 Å². The van der Waals surface area contributed by atoms with Gasteiger partial charge >= 0.3 is 12.2 Å². The molecule has 3 heterocycles. The van der Waals surface area contributed by atoms with E-state index < -0.39 is 17.9 Å². The monoisotopic (exact) mass is 468 g/mol. The maximum Gasteiger partial charge on any atom is 0.433 e. The highest BCUT2D eigenvalue weighted by Gasteiger charge is 2.44. The predicted octanol–water partition coefficient (Wildman–Crippen LogP) is 4.93. The van der Waals surface area contributed by atoms with Crippen molar-refractivity contribution in [3.05, 3.63) is 52.6 Å². The first-order valence-electron chi connectivity index (χ1n) is 10.0. The number of Topliss-reactive ketones (excluding diaryl/α,β-unsaturated/α-hetero) is 1. The lowest BCUT2D eigenvalue weighted by molar-refractivity contribution is -0.141. The van der Waals surface area contributed by atoms with Crippen molar-refractivity contribution < 1.29 is 22.8 Å². The Morgan fingerprint density at radius 3 is 2.41 bits per heavy atom. The summed E-state index contributed by atoms with van der Waals surface area (Å²) in [5.74, 6) is -0.177. The number of aromatic nitrogens is 2. The molecule has 1 saturated heterocycles. The minimum atomic E-state index is -4.56. The Balaban J connectivity index is 1.80. The molecule has 1 atom stereocenters. The minimum Gasteiger partial charge on any atom is -0.312 e. The standard InChI is InChI=1S/C22H24ClF3N4O2/c1-13-7-14(9-28-19(13)23)8-16(31)11-30-18(21(2,3)4)12-29(20(30)32)15-5-6-17(27-10-15)22(24,25)26/h5-7,9-10,18H,8,11-12H2,1-4H3/t18-/m1/s1. The first-order chi connectivity index (χ1) is 14.8. The molecule has 3 rings (SSSR count). The van der Waals surface area contributed by atoms with Gasteiger partial charge in [0.15, 0.2) is 5.78 Å². The van der Waals surface area contributed by atoms with Crippen LogP contribution in [-0.4, -0.2) is 45.8 Å². The summed E-state index contributed by atoms with van der Waals surface area (Å²) in [6.45, 7) is 7.76. The molecular weight excluding hydrogens is 445 g/mol. The zero-order chi connectivity index (χ0) is 23.8. The van der Waals surface area contributed by atoms with E-state index in [0.717, 1.165) is 17.8 Å². The normalized spacial score (nSPS) is 17.2. The van der Waals surface area contributed by atoms with Gasteiger partial charge in [-0.2, -0.15) is 13.2 Å². The lowest BCUT2D eigenvalue weighted by Gasteiger charge is -2.33. The van der Waals surface area contributed by atoms with Crippen LogP contribution < -0.4 is 4.90 Å². The molecule has 0 bridgehead atoms. The van der Waals surface area contributed by atoms with Crippen molar-refractivity contribution in [2.75, 3.05) is 18.0 Å². The SMILES string of the molecule is Cc1cc(CC(=O)CN2C(=O)N(c3ccc(C(F)(F)F)nc3)C[C@@H]2C(C)(C)C)cnc1Cl. The minimum absolute atomic E-state index is 0.0908. The summed E-state index contributed by atoms with van der Waals surface area (Å²) in [6, 6.07) is 3.09. The average molecular weight is 469 g/mol. The number of anilines is 1. The number of aryl methyl sites for hydroxylation is 1. The van der Waals surface area contributed by atoms with Crippen molar-refractivity contribution >= 4 is 29.1 Å². The molecule has 2 aromatic heterocycles. The van der Waals surface area contributed by atoms with Gasteiger partial charge in [0.05, 0.1) is 24.5 Å². The van der Waals surface area contributed by atoms with Gasteiger partial charge in [0.2, 0.25) is 0 Å². The van der Waals surface area contributed by atoms with Gasteiger partial charge in [0, 0.05) is 19.2 Å². The largest absolute Gasteiger partial charge is 0.433 e. The fourth-order valence-corrected chi connectivity index (χ4v) is 3.78. The molecule has 0 aromatic carbocycles. The topological polar surface area (TPSA) is 66.4 Å². The molecule has 1 fully saturated rings. The van der Waals surface area contributed by atoms with Crippen molar-refractivity contribution in [3.63, 3.8) is 0 Å². The lowest BCUT2D eigenvalue weighted by Crippen LogP contribution is -2.45. The summed E-state index contributed by atoms with van der Waals surface area (Å²) < 4.78 is 38.5. The van der Waals surface area contributed by atoms with E-state index in [-0.39, 0.29) is 42.4 Å². The average Bonchev–Trinajstić information content (AvgIpc) is 3.01. The van der Waals surface area contributed by atoms with E-state index in [9.17, 15) is 22.8 Å². The second-order valence-corrected chi connectivity index (χ2v) is 9.33. The molecule has 0 spiro atoms. The summed E-state index contributed by atoms with van der Waals surface area (Å²) in [7, 11) is 0. The fraction of sp³-hybridized carbons (Fsp3) is 0.455. The maximum atomic E-state index is 13.2. The van der Waals surface area contributed by atoms with Gasteiger partial charge < -0.3 is 4.90 Å². The lowest BCUT2D eigenvalue weighted by atomic mass is 9.86. The van der Waals surface area contributed by atoms with Crippen LogP contribution in [0.15, 0.2) is 30.6 Å². The van der Waals surface area contributed by atoms with E-state index in [0.29, 0.717) is 10.7 Å². The molecule has 2 amide bonds. The number of alkyl halides is 3. The van der Waals surface area contributed by atoms with Crippen LogP contribution in [0.3, 0.4) is 0 Å². The third-order valence-corrected chi connectivity index (χ3v) is 5.77. The van der Waals surface area contributed by atoms with Gasteiger partial charge in [-0.05, 0) is 35.6 Å². The van der Waals surface area contributed by atoms with Crippen molar-refractivity contribution in [2.24, 2.45) is 5.41 Å². The molecule has 6 nitrogen and oxygen atoms in total. The number of halogens is 4. The van der Waals surface area contributed by atoms with Crippen molar-refractivity contribution in [1.82, 2.24) is 14.9 Å². The van der Waals surface area contributed by atoms with Crippen molar-refractivity contribution in [1.29, 1.82) is 0 Å². The fourth-order valence-electron chi connectivity index (χ4n) is 3.67. The molecule has 1 aliphatic heterocycles. The van der Waals surface area contributed by atoms with Gasteiger partial charge in [0.25, 0.3) is 0 Å². The van der Waals surface area contributed by atoms with Gasteiger partial charge in [-0.3, -0.25) is 9.69 Å². The number of carbonyl (C=O) groups excluding carboxylic acids is 2. The number of pyridine rings is 2. The third kappa shape index (κ3) is 5.20. The highest BCUT2D eigenvalue weighted by Crippen LogP contribution is 2.34. The Bertz CT molecular complexity index is 1020. The molecule has 0 radical (unpaired) electrons. The van der Waals surface area contributed by atoms with Crippen LogP contribution in [0.4, 0.5) is 23.7 Å². The summed E-state index contributed by atoms with van der Waals surface area (Å²) in [6.07, 6.45) is -1.91. The molecule has 172 valence electrons. The summed E-state index contributed by atoms with van der Waals surface area (Å²) in [5.41, 5.74) is 0.314. The molecule has 10 heteroatoms. The molecule has 1 aliphatic rings. The zero-order valence-electron chi connectivity index (χ0n) is 18.2. The molecule has 0 N–H and O–H groups in total. The summed E-state index contributed by atoms with van der Waals surface area (Å²) >= 11 is 5.93. The first kappa shape index (κ1) is 24.0. The quantitative estimate of drug-likeness (QED) is 0.584. The number of amides is 2. The van der Waals surface area contributed by atoms with Crippen LogP contribution in [0, 0.1) is 12.3 Å². The molecule has 2 aromatic rings. The van der Waals surface area contributed by atoms with Gasteiger partial charge in [0.1, 0.15) is 10.8 Å².